The fourth-order valence-corrected chi connectivity index (χ4v) is 2.86. The van der Waals surface area contributed by atoms with Crippen molar-refractivity contribution >= 4 is 11.9 Å². The van der Waals surface area contributed by atoms with Crippen LogP contribution in [0.25, 0.3) is 0 Å². The van der Waals surface area contributed by atoms with Gasteiger partial charge in [-0.1, -0.05) is 96.8 Å². The summed E-state index contributed by atoms with van der Waals surface area (Å²) in [5.74, 6) is -0.914. The number of hydrogen-bond donors (Lipinski definition) is 1. The molecule has 0 aromatic rings. The van der Waals surface area contributed by atoms with E-state index < -0.39 is 5.91 Å². The molecule has 0 aliphatic heterocycles. The smallest absolute Gasteiger partial charge is 0.306 e. The largest absolute Gasteiger partial charge is 0.456 e. The molecule has 0 aliphatic rings. The number of hydrogen-bond acceptors (Lipinski definition) is 3. The van der Waals surface area contributed by atoms with Crippen molar-refractivity contribution in [2.45, 2.75) is 110 Å². The zero-order valence-electron chi connectivity index (χ0n) is 15.8. The van der Waals surface area contributed by atoms with Crippen LogP contribution in [0.4, 0.5) is 0 Å². The normalized spacial score (nSPS) is 10.7. The van der Waals surface area contributed by atoms with Crippen LogP contribution < -0.4 is 5.73 Å². The van der Waals surface area contributed by atoms with E-state index in [0.29, 0.717) is 6.42 Å². The second kappa shape index (κ2) is 18.3. The quantitative estimate of drug-likeness (QED) is 0.272. The van der Waals surface area contributed by atoms with Gasteiger partial charge in [0.15, 0.2) is 6.61 Å². The van der Waals surface area contributed by atoms with Gasteiger partial charge in [-0.3, -0.25) is 9.59 Å². The number of ether oxygens (including phenoxy) is 1. The Balaban J connectivity index is 3.10. The summed E-state index contributed by atoms with van der Waals surface area (Å²) in [7, 11) is 0. The first-order valence-corrected chi connectivity index (χ1v) is 10.1. The second-order valence-electron chi connectivity index (χ2n) is 6.83. The van der Waals surface area contributed by atoms with Crippen LogP contribution in [0.15, 0.2) is 0 Å². The lowest BCUT2D eigenvalue weighted by atomic mass is 10.0. The predicted molar refractivity (Wildman–Crippen MR) is 99.7 cm³/mol. The van der Waals surface area contributed by atoms with E-state index in [1.165, 1.54) is 83.5 Å². The van der Waals surface area contributed by atoms with Gasteiger partial charge in [0.1, 0.15) is 0 Å². The Morgan fingerprint density at radius 3 is 1.42 bits per heavy atom. The number of carbonyl (C=O) groups is 2. The van der Waals surface area contributed by atoms with E-state index >= 15 is 0 Å². The van der Waals surface area contributed by atoms with Crippen LogP contribution in [0, 0.1) is 0 Å². The average molecular weight is 342 g/mol. The monoisotopic (exact) mass is 341 g/mol. The number of unbranched alkanes of at least 4 members (excludes halogenated alkanes) is 14. The van der Waals surface area contributed by atoms with E-state index in [0.717, 1.165) is 12.8 Å². The fourth-order valence-electron chi connectivity index (χ4n) is 2.86. The molecule has 4 nitrogen and oxygen atoms in total. The maximum Gasteiger partial charge on any atom is 0.306 e. The molecule has 0 radical (unpaired) electrons. The molecular weight excluding hydrogens is 302 g/mol. The van der Waals surface area contributed by atoms with Crippen molar-refractivity contribution in [3.8, 4) is 0 Å². The molecule has 0 fully saturated rings. The summed E-state index contributed by atoms with van der Waals surface area (Å²) in [4.78, 5) is 21.7. The second-order valence-corrected chi connectivity index (χ2v) is 6.83. The SMILES string of the molecule is CCCCCCCCCCCCCCCCCC(=O)OCC(N)=O. The number of carbonyl (C=O) groups excluding carboxylic acids is 2. The predicted octanol–water partition coefficient (Wildman–Crippen LogP) is 5.28. The Labute approximate surface area is 148 Å². The molecule has 0 heterocycles. The van der Waals surface area contributed by atoms with Crippen LogP contribution in [-0.4, -0.2) is 18.5 Å². The minimum atomic E-state index is -0.597. The van der Waals surface area contributed by atoms with Gasteiger partial charge in [0.05, 0.1) is 0 Å². The number of amides is 1. The van der Waals surface area contributed by atoms with E-state index in [-0.39, 0.29) is 12.6 Å². The molecule has 24 heavy (non-hydrogen) atoms. The number of esters is 1. The lowest BCUT2D eigenvalue weighted by molar-refractivity contribution is -0.147. The first kappa shape index (κ1) is 22.9. The van der Waals surface area contributed by atoms with Crippen LogP contribution in [0.2, 0.25) is 0 Å². The molecule has 4 heteroatoms. The van der Waals surface area contributed by atoms with Crippen LogP contribution >= 0.6 is 0 Å². The van der Waals surface area contributed by atoms with Crippen LogP contribution in [0.5, 0.6) is 0 Å². The lowest BCUT2D eigenvalue weighted by Crippen LogP contribution is -2.20. The molecule has 2 N–H and O–H groups in total. The van der Waals surface area contributed by atoms with Gasteiger partial charge in [0.25, 0.3) is 5.91 Å². The molecule has 142 valence electrons. The summed E-state index contributed by atoms with van der Waals surface area (Å²) in [6.07, 6.45) is 19.9. The van der Waals surface area contributed by atoms with Crippen molar-refractivity contribution in [2.24, 2.45) is 5.73 Å². The van der Waals surface area contributed by atoms with Crippen molar-refractivity contribution in [1.29, 1.82) is 0 Å². The topological polar surface area (TPSA) is 69.4 Å². The van der Waals surface area contributed by atoms with Crippen molar-refractivity contribution in [2.75, 3.05) is 6.61 Å². The van der Waals surface area contributed by atoms with Gasteiger partial charge < -0.3 is 10.5 Å². The standard InChI is InChI=1S/C20H39NO3/c1-2-3-4-5-6-7-8-9-10-11-12-13-14-15-16-17-20(23)24-18-19(21)22/h2-18H2,1H3,(H2,21,22). The Kier molecular flexibility index (Phi) is 17.5. The molecule has 0 saturated carbocycles. The van der Waals surface area contributed by atoms with Gasteiger partial charge in [0.2, 0.25) is 0 Å². The first-order chi connectivity index (χ1) is 11.7. The van der Waals surface area contributed by atoms with E-state index in [4.69, 9.17) is 10.5 Å². The molecule has 0 aliphatic carbocycles. The molecule has 0 aromatic heterocycles. The highest BCUT2D eigenvalue weighted by Crippen LogP contribution is 2.13. The van der Waals surface area contributed by atoms with Gasteiger partial charge in [0, 0.05) is 6.42 Å². The van der Waals surface area contributed by atoms with Crippen molar-refractivity contribution in [3.05, 3.63) is 0 Å². The van der Waals surface area contributed by atoms with Gasteiger partial charge in [-0.15, -0.1) is 0 Å². The Morgan fingerprint density at radius 2 is 1.04 bits per heavy atom. The first-order valence-electron chi connectivity index (χ1n) is 10.1. The molecule has 0 saturated heterocycles. The highest BCUT2D eigenvalue weighted by molar-refractivity contribution is 5.78. The lowest BCUT2D eigenvalue weighted by Gasteiger charge is -2.04. The average Bonchev–Trinajstić information content (AvgIpc) is 2.56. The third-order valence-corrected chi connectivity index (χ3v) is 4.36. The Hall–Kier alpha value is -1.06. The molecule has 0 atom stereocenters. The third-order valence-electron chi connectivity index (χ3n) is 4.36. The van der Waals surface area contributed by atoms with E-state index in [1.54, 1.807) is 0 Å². The summed E-state index contributed by atoms with van der Waals surface area (Å²) >= 11 is 0. The van der Waals surface area contributed by atoms with Gasteiger partial charge in [-0.25, -0.2) is 0 Å². The van der Waals surface area contributed by atoms with Crippen LogP contribution in [0.1, 0.15) is 110 Å². The number of rotatable bonds is 18. The summed E-state index contributed by atoms with van der Waals surface area (Å²) in [5.41, 5.74) is 4.91. The van der Waals surface area contributed by atoms with Gasteiger partial charge >= 0.3 is 5.97 Å². The molecule has 1 amide bonds. The summed E-state index contributed by atoms with van der Waals surface area (Å²) in [6, 6.07) is 0. The van der Waals surface area contributed by atoms with Crippen LogP contribution in [-0.2, 0) is 14.3 Å². The molecular formula is C20H39NO3. The summed E-state index contributed by atoms with van der Waals surface area (Å²) in [6.45, 7) is 1.97. The minimum Gasteiger partial charge on any atom is -0.456 e. The number of primary amides is 1. The molecule has 0 rings (SSSR count). The third kappa shape index (κ3) is 19.0. The summed E-state index contributed by atoms with van der Waals surface area (Å²) < 4.78 is 4.71. The maximum absolute atomic E-state index is 11.3. The van der Waals surface area contributed by atoms with E-state index in [2.05, 4.69) is 6.92 Å². The summed E-state index contributed by atoms with van der Waals surface area (Å²) in [5, 5.41) is 0. The van der Waals surface area contributed by atoms with Crippen molar-refractivity contribution in [3.63, 3.8) is 0 Å². The van der Waals surface area contributed by atoms with E-state index in [9.17, 15) is 9.59 Å². The highest BCUT2D eigenvalue weighted by atomic mass is 16.5. The molecule has 0 aromatic carbocycles. The zero-order chi connectivity index (χ0) is 17.9. The molecule has 0 bridgehead atoms. The number of nitrogens with two attached hydrogens (primary N) is 1. The fraction of sp³-hybridized carbons (Fsp3) is 0.900. The van der Waals surface area contributed by atoms with Gasteiger partial charge in [-0.2, -0.15) is 0 Å². The van der Waals surface area contributed by atoms with Gasteiger partial charge in [-0.05, 0) is 6.42 Å². The molecule has 0 unspecified atom stereocenters. The highest BCUT2D eigenvalue weighted by Gasteiger charge is 2.04. The maximum atomic E-state index is 11.3. The Morgan fingerprint density at radius 1 is 0.667 bits per heavy atom. The van der Waals surface area contributed by atoms with Crippen molar-refractivity contribution in [1.82, 2.24) is 0 Å². The van der Waals surface area contributed by atoms with Crippen LogP contribution in [0.3, 0.4) is 0 Å². The minimum absolute atomic E-state index is 0.294. The van der Waals surface area contributed by atoms with E-state index in [1.807, 2.05) is 0 Å². The van der Waals surface area contributed by atoms with Crippen molar-refractivity contribution < 1.29 is 14.3 Å². The Bertz CT molecular complexity index is 305. The zero-order valence-corrected chi connectivity index (χ0v) is 15.8. The molecule has 0 spiro atoms.